The zero-order valence-corrected chi connectivity index (χ0v) is 18.3. The maximum absolute atomic E-state index is 11.8. The normalized spacial score (nSPS) is 15.4. The maximum atomic E-state index is 11.8. The molecule has 0 atom stereocenters. The molecule has 1 aliphatic rings. The van der Waals surface area contributed by atoms with Gasteiger partial charge in [-0.3, -0.25) is 4.79 Å². The molecular formula is C23H38N4O2. The summed E-state index contributed by atoms with van der Waals surface area (Å²) in [5.74, 6) is 0.824. The summed E-state index contributed by atoms with van der Waals surface area (Å²) in [6.45, 7) is 8.90. The molecule has 0 aliphatic heterocycles. The first-order valence-corrected chi connectivity index (χ1v) is 11.1. The molecule has 6 heteroatoms. The molecule has 1 aromatic carbocycles. The summed E-state index contributed by atoms with van der Waals surface area (Å²) in [4.78, 5) is 16.4. The first-order chi connectivity index (χ1) is 14.1. The molecule has 0 aromatic heterocycles. The number of anilines is 1. The van der Waals surface area contributed by atoms with Crippen molar-refractivity contribution in [2.24, 2.45) is 10.9 Å². The Morgan fingerprint density at radius 1 is 1.14 bits per heavy atom. The molecule has 0 unspecified atom stereocenters. The van der Waals surface area contributed by atoms with Crippen molar-refractivity contribution in [2.45, 2.75) is 71.9 Å². The summed E-state index contributed by atoms with van der Waals surface area (Å²) >= 11 is 0. The van der Waals surface area contributed by atoms with Crippen LogP contribution in [0.3, 0.4) is 0 Å². The lowest BCUT2D eigenvalue weighted by Crippen LogP contribution is -2.38. The van der Waals surface area contributed by atoms with E-state index < -0.39 is 0 Å². The van der Waals surface area contributed by atoms with E-state index in [1.165, 1.54) is 32.1 Å². The number of guanidine groups is 1. The van der Waals surface area contributed by atoms with E-state index in [-0.39, 0.29) is 11.8 Å². The predicted molar refractivity (Wildman–Crippen MR) is 120 cm³/mol. The summed E-state index contributed by atoms with van der Waals surface area (Å²) in [5.41, 5.74) is 1.92. The van der Waals surface area contributed by atoms with Crippen LogP contribution in [0.25, 0.3) is 0 Å². The highest BCUT2D eigenvalue weighted by Gasteiger charge is 2.13. The first kappa shape index (κ1) is 23.2. The Morgan fingerprint density at radius 2 is 1.86 bits per heavy atom. The molecule has 0 bridgehead atoms. The van der Waals surface area contributed by atoms with Gasteiger partial charge in [-0.2, -0.15) is 0 Å². The topological polar surface area (TPSA) is 74.8 Å². The molecule has 1 amide bonds. The number of hydrogen-bond acceptors (Lipinski definition) is 3. The number of nitrogens with one attached hydrogen (secondary N) is 3. The fourth-order valence-electron chi connectivity index (χ4n) is 3.25. The molecule has 0 heterocycles. The van der Waals surface area contributed by atoms with Gasteiger partial charge in [-0.05, 0) is 43.9 Å². The summed E-state index contributed by atoms with van der Waals surface area (Å²) < 4.78 is 5.98. The second-order valence-corrected chi connectivity index (χ2v) is 7.95. The van der Waals surface area contributed by atoms with E-state index in [1.54, 1.807) is 0 Å². The standard InChI is InChI=1S/C23H38N4O2/c1-4-24-23(25-15-8-16-29-21-9-6-5-7-10-21)26-17-19-11-13-20(14-12-19)27-22(28)18(2)3/h11-14,18,21H,4-10,15-17H2,1-3H3,(H,27,28)(H2,24,25,26). The molecule has 1 fully saturated rings. The minimum atomic E-state index is -0.0268. The number of benzene rings is 1. The van der Waals surface area contributed by atoms with Gasteiger partial charge >= 0.3 is 0 Å². The van der Waals surface area contributed by atoms with Crippen LogP contribution in [0.2, 0.25) is 0 Å². The molecule has 0 spiro atoms. The number of nitrogens with zero attached hydrogens (tertiary/aromatic N) is 1. The van der Waals surface area contributed by atoms with E-state index in [1.807, 2.05) is 38.1 Å². The van der Waals surface area contributed by atoms with E-state index in [2.05, 4.69) is 27.9 Å². The molecule has 1 aromatic rings. The third kappa shape index (κ3) is 9.31. The summed E-state index contributed by atoms with van der Waals surface area (Å²) in [6, 6.07) is 7.85. The molecule has 2 rings (SSSR count). The van der Waals surface area contributed by atoms with Gasteiger partial charge in [-0.25, -0.2) is 4.99 Å². The van der Waals surface area contributed by atoms with Crippen LogP contribution in [0.5, 0.6) is 0 Å². The van der Waals surface area contributed by atoms with Crippen LogP contribution in [-0.2, 0) is 16.1 Å². The molecule has 29 heavy (non-hydrogen) atoms. The van der Waals surface area contributed by atoms with E-state index >= 15 is 0 Å². The van der Waals surface area contributed by atoms with Gasteiger partial charge in [-0.15, -0.1) is 0 Å². The van der Waals surface area contributed by atoms with Crippen molar-refractivity contribution in [1.29, 1.82) is 0 Å². The van der Waals surface area contributed by atoms with Crippen LogP contribution in [0.4, 0.5) is 5.69 Å². The lowest BCUT2D eigenvalue weighted by atomic mass is 9.98. The Kier molecular flexibility index (Phi) is 10.6. The van der Waals surface area contributed by atoms with Crippen LogP contribution in [0.15, 0.2) is 29.3 Å². The molecule has 0 saturated heterocycles. The van der Waals surface area contributed by atoms with Crippen molar-refractivity contribution in [1.82, 2.24) is 10.6 Å². The third-order valence-corrected chi connectivity index (χ3v) is 5.03. The van der Waals surface area contributed by atoms with Gasteiger partial charge in [0.05, 0.1) is 12.6 Å². The average molecular weight is 403 g/mol. The van der Waals surface area contributed by atoms with Crippen molar-refractivity contribution in [2.75, 3.05) is 25.0 Å². The minimum Gasteiger partial charge on any atom is -0.378 e. The molecule has 0 radical (unpaired) electrons. The maximum Gasteiger partial charge on any atom is 0.226 e. The van der Waals surface area contributed by atoms with Crippen LogP contribution < -0.4 is 16.0 Å². The van der Waals surface area contributed by atoms with E-state index in [4.69, 9.17) is 4.74 Å². The Morgan fingerprint density at radius 3 is 2.52 bits per heavy atom. The summed E-state index contributed by atoms with van der Waals surface area (Å²) in [6.07, 6.45) is 7.87. The smallest absolute Gasteiger partial charge is 0.226 e. The second-order valence-electron chi connectivity index (χ2n) is 7.95. The van der Waals surface area contributed by atoms with Crippen molar-refractivity contribution >= 4 is 17.6 Å². The highest BCUT2D eigenvalue weighted by atomic mass is 16.5. The average Bonchev–Trinajstić information content (AvgIpc) is 2.73. The van der Waals surface area contributed by atoms with Crippen LogP contribution in [0.1, 0.15) is 64.9 Å². The minimum absolute atomic E-state index is 0.0268. The zero-order valence-electron chi connectivity index (χ0n) is 18.3. The number of amides is 1. The fraction of sp³-hybridized carbons (Fsp3) is 0.652. The molecule has 1 saturated carbocycles. The van der Waals surface area contributed by atoms with Crippen LogP contribution in [0, 0.1) is 5.92 Å². The Bertz CT molecular complexity index is 622. The van der Waals surface area contributed by atoms with Gasteiger partial charge in [0.2, 0.25) is 5.91 Å². The van der Waals surface area contributed by atoms with Crippen LogP contribution in [-0.4, -0.2) is 37.7 Å². The van der Waals surface area contributed by atoms with Gasteiger partial charge in [-0.1, -0.05) is 45.2 Å². The van der Waals surface area contributed by atoms with E-state index in [0.717, 1.165) is 43.3 Å². The highest BCUT2D eigenvalue weighted by molar-refractivity contribution is 5.92. The SMILES string of the molecule is CCNC(=NCc1ccc(NC(=O)C(C)C)cc1)NCCCOC1CCCCC1. The van der Waals surface area contributed by atoms with Crippen molar-refractivity contribution in [3.05, 3.63) is 29.8 Å². The number of aliphatic imine (C=N–C) groups is 1. The monoisotopic (exact) mass is 402 g/mol. The molecule has 6 nitrogen and oxygen atoms in total. The third-order valence-electron chi connectivity index (χ3n) is 5.03. The number of hydrogen-bond donors (Lipinski definition) is 3. The predicted octanol–water partition coefficient (Wildman–Crippen LogP) is 4.08. The molecule has 1 aliphatic carbocycles. The zero-order chi connectivity index (χ0) is 20.9. The highest BCUT2D eigenvalue weighted by Crippen LogP contribution is 2.20. The van der Waals surface area contributed by atoms with Crippen molar-refractivity contribution in [3.8, 4) is 0 Å². The van der Waals surface area contributed by atoms with Gasteiger partial charge in [0, 0.05) is 31.3 Å². The van der Waals surface area contributed by atoms with Gasteiger partial charge < -0.3 is 20.7 Å². The summed E-state index contributed by atoms with van der Waals surface area (Å²) in [7, 11) is 0. The van der Waals surface area contributed by atoms with Crippen LogP contribution >= 0.6 is 0 Å². The fourth-order valence-corrected chi connectivity index (χ4v) is 3.25. The van der Waals surface area contributed by atoms with Gasteiger partial charge in [0.15, 0.2) is 5.96 Å². The first-order valence-electron chi connectivity index (χ1n) is 11.1. The van der Waals surface area contributed by atoms with E-state index in [9.17, 15) is 4.79 Å². The Labute approximate surface area is 175 Å². The number of carbonyl (C=O) groups is 1. The van der Waals surface area contributed by atoms with E-state index in [0.29, 0.717) is 12.6 Å². The quantitative estimate of drug-likeness (QED) is 0.313. The number of rotatable bonds is 10. The van der Waals surface area contributed by atoms with Crippen molar-refractivity contribution < 1.29 is 9.53 Å². The Hall–Kier alpha value is -2.08. The number of carbonyl (C=O) groups excluding carboxylic acids is 1. The van der Waals surface area contributed by atoms with Crippen molar-refractivity contribution in [3.63, 3.8) is 0 Å². The van der Waals surface area contributed by atoms with Gasteiger partial charge in [0.1, 0.15) is 0 Å². The Balaban J connectivity index is 1.72. The second kappa shape index (κ2) is 13.2. The molecular weight excluding hydrogens is 364 g/mol. The lowest BCUT2D eigenvalue weighted by Gasteiger charge is -2.22. The molecule has 162 valence electrons. The largest absolute Gasteiger partial charge is 0.378 e. The summed E-state index contributed by atoms with van der Waals surface area (Å²) in [5, 5.41) is 9.57. The number of ether oxygens (including phenoxy) is 1. The van der Waals surface area contributed by atoms with Gasteiger partial charge in [0.25, 0.3) is 0 Å². The lowest BCUT2D eigenvalue weighted by molar-refractivity contribution is -0.118. The molecule has 3 N–H and O–H groups in total.